The highest BCUT2D eigenvalue weighted by Crippen LogP contribution is 2.31. The summed E-state index contributed by atoms with van der Waals surface area (Å²) in [7, 11) is 5.49. The third-order valence-corrected chi connectivity index (χ3v) is 6.42. The molecule has 3 rings (SSSR count). The number of guanidine groups is 1. The molecule has 7 nitrogen and oxygen atoms in total. The lowest BCUT2D eigenvalue weighted by Gasteiger charge is -2.50. The lowest BCUT2D eigenvalue weighted by molar-refractivity contribution is 0.0174. The number of methoxy groups -OCH3 is 2. The van der Waals surface area contributed by atoms with Gasteiger partial charge in [-0.3, -0.25) is 4.90 Å². The smallest absolute Gasteiger partial charge is 0.188 e. The molecule has 0 bridgehead atoms. The molecule has 0 spiro atoms. The van der Waals surface area contributed by atoms with Gasteiger partial charge in [-0.05, 0) is 76.6 Å². The summed E-state index contributed by atoms with van der Waals surface area (Å²) in [4.78, 5) is 9.69. The number of likely N-dealkylation sites (tertiary alicyclic amines) is 2. The Balaban J connectivity index is 0.00000320. The van der Waals surface area contributed by atoms with Crippen molar-refractivity contribution in [1.29, 1.82) is 0 Å². The molecule has 0 unspecified atom stereocenters. The molecule has 0 atom stereocenters. The molecule has 0 saturated carbocycles. The summed E-state index contributed by atoms with van der Waals surface area (Å²) in [5.74, 6) is 1.94. The normalized spacial score (nSPS) is 20.3. The van der Waals surface area contributed by atoms with Gasteiger partial charge < -0.3 is 25.4 Å². The van der Waals surface area contributed by atoms with Gasteiger partial charge in [0.1, 0.15) is 0 Å². The van der Waals surface area contributed by atoms with Gasteiger partial charge in [-0.25, -0.2) is 4.99 Å². The standard InChI is InChI=1S/C22H37N5O2.HI/c1-26-13-9-22(10-14-26,27-11-5-4-6-12-27)17-25-21(23)24-16-18-7-8-19(28-2)20(15-18)29-3;/h7-8,15H,4-6,9-14,16-17H2,1-3H3,(H3,23,24,25);1H. The number of nitrogens with one attached hydrogen (secondary N) is 1. The van der Waals surface area contributed by atoms with E-state index in [-0.39, 0.29) is 29.5 Å². The van der Waals surface area contributed by atoms with Gasteiger partial charge in [0.25, 0.3) is 0 Å². The van der Waals surface area contributed by atoms with Crippen LogP contribution in [0.3, 0.4) is 0 Å². The fraction of sp³-hybridized carbons (Fsp3) is 0.682. The molecule has 170 valence electrons. The number of rotatable bonds is 7. The number of piperidine rings is 2. The molecule has 1 aromatic carbocycles. The molecule has 2 heterocycles. The van der Waals surface area contributed by atoms with Crippen LogP contribution in [-0.4, -0.2) is 75.3 Å². The van der Waals surface area contributed by atoms with E-state index < -0.39 is 0 Å². The van der Waals surface area contributed by atoms with Crippen molar-refractivity contribution in [3.05, 3.63) is 23.8 Å². The van der Waals surface area contributed by atoms with Crippen LogP contribution >= 0.6 is 24.0 Å². The maximum Gasteiger partial charge on any atom is 0.188 e. The minimum atomic E-state index is 0. The third-order valence-electron chi connectivity index (χ3n) is 6.42. The predicted molar refractivity (Wildman–Crippen MR) is 133 cm³/mol. The van der Waals surface area contributed by atoms with Gasteiger partial charge in [0.15, 0.2) is 17.5 Å². The summed E-state index contributed by atoms with van der Waals surface area (Å²) < 4.78 is 10.7. The summed E-state index contributed by atoms with van der Waals surface area (Å²) in [6.07, 6.45) is 6.33. The van der Waals surface area contributed by atoms with Gasteiger partial charge in [-0.1, -0.05) is 12.5 Å². The topological polar surface area (TPSA) is 75.4 Å². The van der Waals surface area contributed by atoms with Crippen LogP contribution in [0.25, 0.3) is 0 Å². The number of nitrogens with zero attached hydrogens (tertiary/aromatic N) is 3. The van der Waals surface area contributed by atoms with Crippen LogP contribution in [0.1, 0.15) is 37.7 Å². The SMILES string of the molecule is COc1ccc(CN=C(N)NCC2(N3CCCCC3)CCN(C)CC2)cc1OC.I. The number of benzene rings is 1. The van der Waals surface area contributed by atoms with Crippen LogP contribution in [0.4, 0.5) is 0 Å². The van der Waals surface area contributed by atoms with Gasteiger partial charge >= 0.3 is 0 Å². The van der Waals surface area contributed by atoms with Crippen molar-refractivity contribution in [3.63, 3.8) is 0 Å². The van der Waals surface area contributed by atoms with E-state index in [1.54, 1.807) is 14.2 Å². The lowest BCUT2D eigenvalue weighted by Crippen LogP contribution is -2.61. The minimum absolute atomic E-state index is 0. The Morgan fingerprint density at radius 3 is 2.37 bits per heavy atom. The molecule has 0 aromatic heterocycles. The van der Waals surface area contributed by atoms with Gasteiger partial charge in [-0.2, -0.15) is 0 Å². The van der Waals surface area contributed by atoms with Crippen molar-refractivity contribution in [1.82, 2.24) is 15.1 Å². The van der Waals surface area contributed by atoms with E-state index >= 15 is 0 Å². The Morgan fingerprint density at radius 1 is 1.07 bits per heavy atom. The first kappa shape index (κ1) is 25.0. The highest BCUT2D eigenvalue weighted by atomic mass is 127. The molecule has 2 fully saturated rings. The highest BCUT2D eigenvalue weighted by Gasteiger charge is 2.39. The minimum Gasteiger partial charge on any atom is -0.493 e. The first-order valence-corrected chi connectivity index (χ1v) is 10.7. The maximum absolute atomic E-state index is 6.24. The van der Waals surface area contributed by atoms with Crippen molar-refractivity contribution < 1.29 is 9.47 Å². The molecule has 2 saturated heterocycles. The monoisotopic (exact) mass is 531 g/mol. The molecule has 0 aliphatic carbocycles. The zero-order valence-corrected chi connectivity index (χ0v) is 21.0. The Morgan fingerprint density at radius 2 is 1.73 bits per heavy atom. The van der Waals surface area contributed by atoms with E-state index in [9.17, 15) is 0 Å². The molecule has 0 radical (unpaired) electrons. The van der Waals surface area contributed by atoms with Crippen LogP contribution in [0.5, 0.6) is 11.5 Å². The van der Waals surface area contributed by atoms with Crippen LogP contribution in [0, 0.1) is 0 Å². The van der Waals surface area contributed by atoms with Crippen molar-refractivity contribution in [2.24, 2.45) is 10.7 Å². The maximum atomic E-state index is 6.24. The largest absolute Gasteiger partial charge is 0.493 e. The summed E-state index contributed by atoms with van der Waals surface area (Å²) in [6, 6.07) is 5.84. The molecule has 1 aromatic rings. The lowest BCUT2D eigenvalue weighted by atomic mass is 9.84. The quantitative estimate of drug-likeness (QED) is 0.320. The van der Waals surface area contributed by atoms with E-state index in [1.807, 2.05) is 18.2 Å². The van der Waals surface area contributed by atoms with E-state index in [0.29, 0.717) is 18.3 Å². The van der Waals surface area contributed by atoms with Gasteiger partial charge in [0.2, 0.25) is 0 Å². The molecule has 30 heavy (non-hydrogen) atoms. The van der Waals surface area contributed by atoms with Crippen LogP contribution in [0.2, 0.25) is 0 Å². The van der Waals surface area contributed by atoms with Gasteiger partial charge in [0, 0.05) is 12.1 Å². The number of hydrogen-bond acceptors (Lipinski definition) is 5. The second-order valence-electron chi connectivity index (χ2n) is 8.32. The molecule has 8 heteroatoms. The zero-order chi connectivity index (χ0) is 20.7. The third kappa shape index (κ3) is 6.37. The number of nitrogens with two attached hydrogens (primary N) is 1. The summed E-state index contributed by atoms with van der Waals surface area (Å²) in [5.41, 5.74) is 7.47. The van der Waals surface area contributed by atoms with Gasteiger partial charge in [0.05, 0.1) is 20.8 Å². The van der Waals surface area contributed by atoms with Crippen molar-refractivity contribution >= 4 is 29.9 Å². The highest BCUT2D eigenvalue weighted by molar-refractivity contribution is 14.0. The van der Waals surface area contributed by atoms with Crippen LogP contribution in [0.15, 0.2) is 23.2 Å². The van der Waals surface area contributed by atoms with Crippen molar-refractivity contribution in [2.75, 3.05) is 54.0 Å². The zero-order valence-electron chi connectivity index (χ0n) is 18.7. The number of halogens is 1. The average molecular weight is 531 g/mol. The Labute approximate surface area is 198 Å². The first-order chi connectivity index (χ1) is 14.1. The average Bonchev–Trinajstić information content (AvgIpc) is 2.78. The summed E-state index contributed by atoms with van der Waals surface area (Å²) in [6.45, 7) is 6.06. The number of hydrogen-bond donors (Lipinski definition) is 2. The van der Waals surface area contributed by atoms with Crippen molar-refractivity contribution in [2.45, 2.75) is 44.2 Å². The second kappa shape index (κ2) is 12.0. The number of aliphatic imine (C=N–C) groups is 1. The fourth-order valence-corrected chi connectivity index (χ4v) is 4.47. The van der Waals surface area contributed by atoms with E-state index in [4.69, 9.17) is 15.2 Å². The molecule has 2 aliphatic heterocycles. The Kier molecular flexibility index (Phi) is 9.96. The van der Waals surface area contributed by atoms with Crippen LogP contribution < -0.4 is 20.5 Å². The van der Waals surface area contributed by atoms with E-state index in [0.717, 1.165) is 30.9 Å². The van der Waals surface area contributed by atoms with Crippen molar-refractivity contribution in [3.8, 4) is 11.5 Å². The molecule has 2 aliphatic rings. The van der Waals surface area contributed by atoms with E-state index in [2.05, 4.69) is 27.2 Å². The summed E-state index contributed by atoms with van der Waals surface area (Å²) >= 11 is 0. The second-order valence-corrected chi connectivity index (χ2v) is 8.32. The van der Waals surface area contributed by atoms with E-state index in [1.165, 1.54) is 45.2 Å². The Hall–Kier alpha value is -1.26. The van der Waals surface area contributed by atoms with Gasteiger partial charge in [-0.15, -0.1) is 24.0 Å². The summed E-state index contributed by atoms with van der Waals surface area (Å²) in [5, 5.41) is 3.44. The number of ether oxygens (including phenoxy) is 2. The molecular formula is C22H38IN5O2. The first-order valence-electron chi connectivity index (χ1n) is 10.7. The Bertz CT molecular complexity index is 686. The predicted octanol–water partition coefficient (Wildman–Crippen LogP) is 2.68. The molecule has 0 amide bonds. The molecular weight excluding hydrogens is 493 g/mol. The fourth-order valence-electron chi connectivity index (χ4n) is 4.47. The van der Waals surface area contributed by atoms with Crippen LogP contribution in [-0.2, 0) is 6.54 Å². The molecule has 3 N–H and O–H groups in total.